The monoisotopic (exact) mass is 179 g/mol. The van der Waals surface area contributed by atoms with Crippen molar-refractivity contribution in [2.24, 2.45) is 0 Å². The van der Waals surface area contributed by atoms with Gasteiger partial charge in [0.05, 0.1) is 18.3 Å². The third kappa shape index (κ3) is 1.35. The molecule has 0 aliphatic heterocycles. The second-order valence-electron chi connectivity index (χ2n) is 2.87. The van der Waals surface area contributed by atoms with E-state index in [9.17, 15) is 4.39 Å². The van der Waals surface area contributed by atoms with E-state index in [1.807, 2.05) is 12.1 Å². The summed E-state index contributed by atoms with van der Waals surface area (Å²) in [4.78, 5) is 0. The topological polar surface area (TPSA) is 43.8 Å². The first-order valence-electron chi connectivity index (χ1n) is 4.08. The number of anilines is 1. The highest BCUT2D eigenvalue weighted by Crippen LogP contribution is 2.16. The molecule has 0 aliphatic rings. The third-order valence-electron chi connectivity index (χ3n) is 1.97. The second kappa shape index (κ2) is 3.05. The summed E-state index contributed by atoms with van der Waals surface area (Å²) in [6.45, 7) is -0.126. The molecule has 68 valence electrons. The summed E-state index contributed by atoms with van der Waals surface area (Å²) >= 11 is 0. The zero-order valence-electron chi connectivity index (χ0n) is 7.07. The van der Waals surface area contributed by atoms with Gasteiger partial charge in [-0.05, 0) is 18.2 Å². The SMILES string of the molecule is Nc1ccc2cnn(CCF)c2c1. The number of nitrogens with two attached hydrogens (primary N) is 1. The molecule has 0 saturated heterocycles. The van der Waals surface area contributed by atoms with Crippen LogP contribution >= 0.6 is 0 Å². The number of nitrogens with zero attached hydrogens (tertiary/aromatic N) is 2. The van der Waals surface area contributed by atoms with Gasteiger partial charge in [-0.3, -0.25) is 4.68 Å². The quantitative estimate of drug-likeness (QED) is 0.711. The summed E-state index contributed by atoms with van der Waals surface area (Å²) in [5.74, 6) is 0. The van der Waals surface area contributed by atoms with Gasteiger partial charge in [0, 0.05) is 11.1 Å². The van der Waals surface area contributed by atoms with Crippen LogP contribution in [0.4, 0.5) is 10.1 Å². The molecule has 1 aromatic carbocycles. The number of rotatable bonds is 2. The molecule has 0 spiro atoms. The third-order valence-corrected chi connectivity index (χ3v) is 1.97. The molecule has 4 heteroatoms. The van der Waals surface area contributed by atoms with Gasteiger partial charge in [-0.25, -0.2) is 4.39 Å². The number of aryl methyl sites for hydroxylation is 1. The van der Waals surface area contributed by atoms with E-state index in [4.69, 9.17) is 5.73 Å². The molecule has 0 bridgehead atoms. The Morgan fingerprint density at radius 2 is 2.31 bits per heavy atom. The van der Waals surface area contributed by atoms with E-state index in [-0.39, 0.29) is 6.54 Å². The lowest BCUT2D eigenvalue weighted by Crippen LogP contribution is -2.01. The molecule has 0 aliphatic carbocycles. The molecule has 2 N–H and O–H groups in total. The van der Waals surface area contributed by atoms with Crippen molar-refractivity contribution < 1.29 is 4.39 Å². The molecular weight excluding hydrogens is 169 g/mol. The van der Waals surface area contributed by atoms with Crippen molar-refractivity contribution >= 4 is 16.6 Å². The molecule has 0 atom stereocenters. The summed E-state index contributed by atoms with van der Waals surface area (Å²) in [5, 5.41) is 5.04. The minimum atomic E-state index is -0.411. The highest BCUT2D eigenvalue weighted by molar-refractivity contribution is 5.81. The lowest BCUT2D eigenvalue weighted by atomic mass is 10.2. The summed E-state index contributed by atoms with van der Waals surface area (Å²) in [6.07, 6.45) is 1.71. The largest absolute Gasteiger partial charge is 0.399 e. The number of fused-ring (bicyclic) bond motifs is 1. The van der Waals surface area contributed by atoms with Crippen molar-refractivity contribution in [3.8, 4) is 0 Å². The number of alkyl halides is 1. The van der Waals surface area contributed by atoms with Gasteiger partial charge < -0.3 is 5.73 Å². The smallest absolute Gasteiger partial charge is 0.109 e. The van der Waals surface area contributed by atoms with Crippen LogP contribution in [0.25, 0.3) is 10.9 Å². The van der Waals surface area contributed by atoms with Crippen molar-refractivity contribution in [2.45, 2.75) is 6.54 Å². The first kappa shape index (κ1) is 8.04. The summed E-state index contributed by atoms with van der Waals surface area (Å²) in [7, 11) is 0. The summed E-state index contributed by atoms with van der Waals surface area (Å²) in [5.41, 5.74) is 7.17. The molecule has 13 heavy (non-hydrogen) atoms. The van der Waals surface area contributed by atoms with E-state index in [0.717, 1.165) is 10.9 Å². The maximum Gasteiger partial charge on any atom is 0.109 e. The molecule has 2 rings (SSSR count). The van der Waals surface area contributed by atoms with Crippen molar-refractivity contribution in [1.82, 2.24) is 9.78 Å². The highest BCUT2D eigenvalue weighted by atomic mass is 19.1. The van der Waals surface area contributed by atoms with E-state index < -0.39 is 6.67 Å². The van der Waals surface area contributed by atoms with Gasteiger partial charge in [0.15, 0.2) is 0 Å². The standard InChI is InChI=1S/C9H10FN3/c10-3-4-13-9-5-8(11)2-1-7(9)6-12-13/h1-2,5-6H,3-4,11H2. The Bertz CT molecular complexity index is 422. The number of hydrogen-bond acceptors (Lipinski definition) is 2. The van der Waals surface area contributed by atoms with Crippen LogP contribution in [-0.2, 0) is 6.54 Å². The number of hydrogen-bond donors (Lipinski definition) is 1. The van der Waals surface area contributed by atoms with Crippen molar-refractivity contribution in [2.75, 3.05) is 12.4 Å². The lowest BCUT2D eigenvalue weighted by molar-refractivity contribution is 0.433. The fourth-order valence-electron chi connectivity index (χ4n) is 1.35. The van der Waals surface area contributed by atoms with Crippen molar-refractivity contribution in [3.05, 3.63) is 24.4 Å². The Balaban J connectivity index is 2.58. The van der Waals surface area contributed by atoms with E-state index in [0.29, 0.717) is 5.69 Å². The molecular formula is C9H10FN3. The van der Waals surface area contributed by atoms with Crippen LogP contribution in [-0.4, -0.2) is 16.5 Å². The van der Waals surface area contributed by atoms with Crippen molar-refractivity contribution in [1.29, 1.82) is 0 Å². The Labute approximate surface area is 75.0 Å². The maximum absolute atomic E-state index is 12.1. The minimum Gasteiger partial charge on any atom is -0.399 e. The molecule has 1 aromatic heterocycles. The van der Waals surface area contributed by atoms with Crippen LogP contribution < -0.4 is 5.73 Å². The molecule has 3 nitrogen and oxygen atoms in total. The predicted octanol–water partition coefficient (Wildman–Crippen LogP) is 1.59. The van der Waals surface area contributed by atoms with E-state index in [2.05, 4.69) is 5.10 Å². The fourth-order valence-corrected chi connectivity index (χ4v) is 1.35. The van der Waals surface area contributed by atoms with Crippen LogP contribution in [0, 0.1) is 0 Å². The van der Waals surface area contributed by atoms with Gasteiger partial charge in [-0.2, -0.15) is 5.10 Å². The van der Waals surface area contributed by atoms with Gasteiger partial charge in [0.2, 0.25) is 0 Å². The Kier molecular flexibility index (Phi) is 1.88. The van der Waals surface area contributed by atoms with Gasteiger partial charge in [-0.1, -0.05) is 0 Å². The normalized spacial score (nSPS) is 10.8. The molecule has 0 amide bonds. The Morgan fingerprint density at radius 3 is 3.08 bits per heavy atom. The number of halogens is 1. The second-order valence-corrected chi connectivity index (χ2v) is 2.87. The molecule has 0 radical (unpaired) electrons. The number of benzene rings is 1. The Morgan fingerprint density at radius 1 is 1.46 bits per heavy atom. The number of aromatic nitrogens is 2. The summed E-state index contributed by atoms with van der Waals surface area (Å²) < 4.78 is 13.7. The zero-order valence-corrected chi connectivity index (χ0v) is 7.07. The highest BCUT2D eigenvalue weighted by Gasteiger charge is 2.01. The minimum absolute atomic E-state index is 0.285. The average Bonchev–Trinajstić information content (AvgIpc) is 2.49. The first-order chi connectivity index (χ1) is 6.31. The van der Waals surface area contributed by atoms with E-state index in [1.54, 1.807) is 16.9 Å². The van der Waals surface area contributed by atoms with E-state index >= 15 is 0 Å². The van der Waals surface area contributed by atoms with Gasteiger partial charge in [0.25, 0.3) is 0 Å². The van der Waals surface area contributed by atoms with Gasteiger partial charge in [-0.15, -0.1) is 0 Å². The summed E-state index contributed by atoms with van der Waals surface area (Å²) in [6, 6.07) is 5.49. The molecule has 0 fully saturated rings. The van der Waals surface area contributed by atoms with Crippen LogP contribution in [0.15, 0.2) is 24.4 Å². The van der Waals surface area contributed by atoms with Crippen LogP contribution in [0.1, 0.15) is 0 Å². The fraction of sp³-hybridized carbons (Fsp3) is 0.222. The predicted molar refractivity (Wildman–Crippen MR) is 50.1 cm³/mol. The van der Waals surface area contributed by atoms with Crippen LogP contribution in [0.3, 0.4) is 0 Å². The lowest BCUT2D eigenvalue weighted by Gasteiger charge is -1.99. The maximum atomic E-state index is 12.1. The van der Waals surface area contributed by atoms with Crippen LogP contribution in [0.5, 0.6) is 0 Å². The van der Waals surface area contributed by atoms with Crippen molar-refractivity contribution in [3.63, 3.8) is 0 Å². The molecule has 1 heterocycles. The number of nitrogen functional groups attached to an aromatic ring is 1. The van der Waals surface area contributed by atoms with Crippen LogP contribution in [0.2, 0.25) is 0 Å². The molecule has 0 unspecified atom stereocenters. The van der Waals surface area contributed by atoms with Gasteiger partial charge >= 0.3 is 0 Å². The first-order valence-corrected chi connectivity index (χ1v) is 4.08. The Hall–Kier alpha value is -1.58. The molecule has 2 aromatic rings. The van der Waals surface area contributed by atoms with E-state index in [1.165, 1.54) is 0 Å². The molecule has 0 saturated carbocycles. The average molecular weight is 179 g/mol. The van der Waals surface area contributed by atoms with Gasteiger partial charge in [0.1, 0.15) is 6.67 Å². The zero-order chi connectivity index (χ0) is 9.26.